The van der Waals surface area contributed by atoms with E-state index in [2.05, 4.69) is 21.2 Å². The number of hydrogen-bond acceptors (Lipinski definition) is 7. The van der Waals surface area contributed by atoms with Gasteiger partial charge in [-0.15, -0.1) is 0 Å². The highest BCUT2D eigenvalue weighted by Crippen LogP contribution is 2.32. The van der Waals surface area contributed by atoms with Gasteiger partial charge in [0.1, 0.15) is 0 Å². The smallest absolute Gasteiger partial charge is 0.475 e. The molecule has 0 bridgehead atoms. The maximum Gasteiger partial charge on any atom is 0.490 e. The van der Waals surface area contributed by atoms with Gasteiger partial charge in [-0.1, -0.05) is 6.07 Å². The molecular formula is C23H28F6N4O6. The number of aryl methyl sites for hydroxylation is 1. The Kier molecular flexibility index (Phi) is 11.7. The standard InChI is InChI=1S/C19H26N4O2.2C2HF3O2/c1-22-11-16(10-21-22)12-23-8-6-19-18(23)5-4-17(25-19)14-24-13-15-3-2-7-20-9-15;2*3-2(4,5)1(6)7/h2-3,7,9-11,17-19H,4-6,8,12-14H2,1H3;2*(H,6,7)/t17-,18-,19-;;/m1../s1. The van der Waals surface area contributed by atoms with Crippen molar-refractivity contribution in [2.45, 2.75) is 63.0 Å². The summed E-state index contributed by atoms with van der Waals surface area (Å²) >= 11 is 0. The van der Waals surface area contributed by atoms with Crippen LogP contribution in [0.3, 0.4) is 0 Å². The fourth-order valence-electron chi connectivity index (χ4n) is 3.98. The normalized spacial score (nSPS) is 21.2. The summed E-state index contributed by atoms with van der Waals surface area (Å²) in [7, 11) is 1.97. The molecule has 2 aromatic heterocycles. The summed E-state index contributed by atoms with van der Waals surface area (Å²) in [5, 5.41) is 18.5. The van der Waals surface area contributed by atoms with E-state index in [-0.39, 0.29) is 6.10 Å². The van der Waals surface area contributed by atoms with Crippen LogP contribution >= 0.6 is 0 Å². The van der Waals surface area contributed by atoms with Gasteiger partial charge in [0.25, 0.3) is 0 Å². The van der Waals surface area contributed by atoms with Gasteiger partial charge < -0.3 is 19.7 Å². The molecule has 0 spiro atoms. The van der Waals surface area contributed by atoms with Crippen LogP contribution in [-0.2, 0) is 39.3 Å². The van der Waals surface area contributed by atoms with Crippen LogP contribution in [0.5, 0.6) is 0 Å². The molecule has 0 saturated carbocycles. The van der Waals surface area contributed by atoms with E-state index in [0.29, 0.717) is 25.4 Å². The second kappa shape index (κ2) is 14.2. The predicted octanol–water partition coefficient (Wildman–Crippen LogP) is 3.42. The number of ether oxygens (including phenoxy) is 2. The second-order valence-electron chi connectivity index (χ2n) is 8.70. The van der Waals surface area contributed by atoms with Crippen LogP contribution in [0.4, 0.5) is 26.3 Å². The minimum Gasteiger partial charge on any atom is -0.475 e. The molecule has 4 rings (SSSR count). The molecule has 2 saturated heterocycles. The predicted molar refractivity (Wildman–Crippen MR) is 121 cm³/mol. The van der Waals surface area contributed by atoms with E-state index in [1.807, 2.05) is 36.3 Å². The molecule has 4 heterocycles. The molecule has 2 aliphatic rings. The Bertz CT molecular complexity index is 1030. The van der Waals surface area contributed by atoms with Crippen LogP contribution in [0.1, 0.15) is 30.4 Å². The fraction of sp³-hybridized carbons (Fsp3) is 0.565. The van der Waals surface area contributed by atoms with Gasteiger partial charge in [0.15, 0.2) is 0 Å². The lowest BCUT2D eigenvalue weighted by Crippen LogP contribution is -2.43. The molecule has 2 aliphatic heterocycles. The molecule has 0 aromatic carbocycles. The van der Waals surface area contributed by atoms with Gasteiger partial charge in [-0.25, -0.2) is 9.59 Å². The lowest BCUT2D eigenvalue weighted by Gasteiger charge is -2.35. The largest absolute Gasteiger partial charge is 0.490 e. The average Bonchev–Trinajstić information content (AvgIpc) is 3.45. The number of hydrogen-bond donors (Lipinski definition) is 2. The quantitative estimate of drug-likeness (QED) is 0.503. The molecule has 0 radical (unpaired) electrons. The van der Waals surface area contributed by atoms with Gasteiger partial charge in [0.2, 0.25) is 0 Å². The maximum atomic E-state index is 10.6. The van der Waals surface area contributed by atoms with Crippen molar-refractivity contribution in [3.8, 4) is 0 Å². The number of pyridine rings is 1. The van der Waals surface area contributed by atoms with Gasteiger partial charge in [-0.05, 0) is 30.9 Å². The van der Waals surface area contributed by atoms with Crippen molar-refractivity contribution in [2.75, 3.05) is 13.2 Å². The maximum absolute atomic E-state index is 10.6. The molecule has 218 valence electrons. The summed E-state index contributed by atoms with van der Waals surface area (Å²) in [5.74, 6) is -5.51. The first-order valence-electron chi connectivity index (χ1n) is 11.6. The third-order valence-electron chi connectivity index (χ3n) is 5.67. The van der Waals surface area contributed by atoms with Crippen molar-refractivity contribution in [3.63, 3.8) is 0 Å². The van der Waals surface area contributed by atoms with Crippen molar-refractivity contribution in [2.24, 2.45) is 7.05 Å². The van der Waals surface area contributed by atoms with Gasteiger partial charge in [0.05, 0.1) is 31.6 Å². The zero-order valence-corrected chi connectivity index (χ0v) is 20.7. The number of likely N-dealkylation sites (tertiary alicyclic amines) is 1. The number of alkyl halides is 6. The molecule has 2 aromatic rings. The molecule has 0 amide bonds. The number of rotatable bonds is 6. The highest BCUT2D eigenvalue weighted by Gasteiger charge is 2.40. The third kappa shape index (κ3) is 11.2. The van der Waals surface area contributed by atoms with Crippen molar-refractivity contribution in [1.82, 2.24) is 19.7 Å². The number of carbonyl (C=O) groups is 2. The number of carboxylic acids is 2. The van der Waals surface area contributed by atoms with Crippen LogP contribution in [0.15, 0.2) is 36.9 Å². The van der Waals surface area contributed by atoms with E-state index in [0.717, 1.165) is 31.5 Å². The van der Waals surface area contributed by atoms with E-state index in [9.17, 15) is 26.3 Å². The zero-order chi connectivity index (χ0) is 29.2. The van der Waals surface area contributed by atoms with E-state index >= 15 is 0 Å². The van der Waals surface area contributed by atoms with Crippen LogP contribution in [-0.4, -0.2) is 85.6 Å². The van der Waals surface area contributed by atoms with Crippen molar-refractivity contribution in [3.05, 3.63) is 48.0 Å². The Labute approximate surface area is 219 Å². The van der Waals surface area contributed by atoms with E-state index in [4.69, 9.17) is 29.3 Å². The number of fused-ring (bicyclic) bond motifs is 1. The summed E-state index contributed by atoms with van der Waals surface area (Å²) in [6, 6.07) is 4.52. The van der Waals surface area contributed by atoms with Crippen LogP contribution in [0.25, 0.3) is 0 Å². The lowest BCUT2D eigenvalue weighted by atomic mass is 9.99. The molecule has 10 nitrogen and oxygen atoms in total. The molecule has 39 heavy (non-hydrogen) atoms. The van der Waals surface area contributed by atoms with Gasteiger partial charge in [-0.3, -0.25) is 14.6 Å². The number of nitrogens with zero attached hydrogens (tertiary/aromatic N) is 4. The molecule has 2 N–H and O–H groups in total. The van der Waals surface area contributed by atoms with Crippen molar-refractivity contribution in [1.29, 1.82) is 0 Å². The summed E-state index contributed by atoms with van der Waals surface area (Å²) < 4.78 is 77.5. The van der Waals surface area contributed by atoms with Crippen LogP contribution < -0.4 is 0 Å². The SMILES string of the molecule is Cn1cc(CN2CC[C@H]3O[C@@H](COCc4cccnc4)CC[C@H]32)cn1.O=C(O)C(F)(F)F.O=C(O)C(F)(F)F. The Morgan fingerprint density at radius 2 is 1.69 bits per heavy atom. The molecule has 0 aliphatic carbocycles. The summed E-state index contributed by atoms with van der Waals surface area (Å²) in [6.07, 6.45) is 1.47. The minimum absolute atomic E-state index is 0.219. The topological polar surface area (TPSA) is 127 Å². The first-order chi connectivity index (χ1) is 18.2. The fourth-order valence-corrected chi connectivity index (χ4v) is 3.98. The van der Waals surface area contributed by atoms with E-state index in [1.165, 1.54) is 12.0 Å². The van der Waals surface area contributed by atoms with E-state index < -0.39 is 24.3 Å². The van der Waals surface area contributed by atoms with Crippen molar-refractivity contribution >= 4 is 11.9 Å². The monoisotopic (exact) mass is 570 g/mol. The summed E-state index contributed by atoms with van der Waals surface area (Å²) in [6.45, 7) is 3.35. The second-order valence-corrected chi connectivity index (χ2v) is 8.70. The first kappa shape index (κ1) is 32.0. The minimum atomic E-state index is -5.08. The Morgan fingerprint density at radius 1 is 1.05 bits per heavy atom. The Balaban J connectivity index is 0.000000317. The Morgan fingerprint density at radius 3 is 2.21 bits per heavy atom. The number of carboxylic acid groups (broad SMARTS) is 2. The van der Waals surface area contributed by atoms with Crippen LogP contribution in [0, 0.1) is 0 Å². The van der Waals surface area contributed by atoms with Gasteiger partial charge >= 0.3 is 24.3 Å². The number of aliphatic carboxylic acids is 2. The summed E-state index contributed by atoms with van der Waals surface area (Å²) in [5.41, 5.74) is 2.39. The Hall–Kier alpha value is -3.24. The highest BCUT2D eigenvalue weighted by atomic mass is 19.4. The highest BCUT2D eigenvalue weighted by molar-refractivity contribution is 5.73. The number of halogens is 6. The van der Waals surface area contributed by atoms with Gasteiger partial charge in [-0.2, -0.15) is 31.4 Å². The lowest BCUT2D eigenvalue weighted by molar-refractivity contribution is -0.193. The third-order valence-corrected chi connectivity index (χ3v) is 5.67. The van der Waals surface area contributed by atoms with Crippen molar-refractivity contribution < 1.29 is 55.6 Å². The van der Waals surface area contributed by atoms with E-state index in [1.54, 1.807) is 6.20 Å². The molecule has 3 atom stereocenters. The molecule has 2 fully saturated rings. The van der Waals surface area contributed by atoms with Crippen LogP contribution in [0.2, 0.25) is 0 Å². The number of aromatic nitrogens is 3. The first-order valence-corrected chi connectivity index (χ1v) is 11.6. The molecule has 16 heteroatoms. The molecule has 0 unspecified atom stereocenters. The average molecular weight is 570 g/mol. The summed E-state index contributed by atoms with van der Waals surface area (Å²) in [4.78, 5) is 24.5. The molecular weight excluding hydrogens is 542 g/mol. The van der Waals surface area contributed by atoms with Gasteiger partial charge in [0, 0.05) is 50.3 Å². The zero-order valence-electron chi connectivity index (χ0n) is 20.7.